The van der Waals surface area contributed by atoms with Gasteiger partial charge in [-0.3, -0.25) is 4.79 Å². The maximum atomic E-state index is 12.2. The zero-order valence-electron chi connectivity index (χ0n) is 10.4. The van der Waals surface area contributed by atoms with Gasteiger partial charge in [-0.2, -0.15) is 0 Å². The van der Waals surface area contributed by atoms with Crippen LogP contribution in [-0.2, 0) is 9.53 Å². The third-order valence-corrected chi connectivity index (χ3v) is 4.88. The summed E-state index contributed by atoms with van der Waals surface area (Å²) in [5.41, 5.74) is 6.12. The fourth-order valence-electron chi connectivity index (χ4n) is 2.68. The Labute approximate surface area is 107 Å². The van der Waals surface area contributed by atoms with E-state index in [-0.39, 0.29) is 11.9 Å². The number of carbonyl (C=O) groups excluding carboxylic acids is 1. The number of thioether (sulfide) groups is 1. The Morgan fingerprint density at radius 3 is 2.65 bits per heavy atom. The number of methoxy groups -OCH3 is 1. The Morgan fingerprint density at radius 2 is 2.12 bits per heavy atom. The van der Waals surface area contributed by atoms with Crippen molar-refractivity contribution in [1.82, 2.24) is 4.90 Å². The van der Waals surface area contributed by atoms with Crippen LogP contribution in [0.4, 0.5) is 0 Å². The normalized spacial score (nSPS) is 31.5. The zero-order chi connectivity index (χ0) is 12.3. The Kier molecular flexibility index (Phi) is 4.70. The van der Waals surface area contributed by atoms with E-state index in [4.69, 9.17) is 10.5 Å². The summed E-state index contributed by atoms with van der Waals surface area (Å²) in [5.74, 6) is 2.37. The van der Waals surface area contributed by atoms with Crippen LogP contribution in [0.5, 0.6) is 0 Å². The lowest BCUT2D eigenvalue weighted by atomic mass is 9.82. The van der Waals surface area contributed by atoms with Crippen LogP contribution in [0.25, 0.3) is 0 Å². The number of carbonyl (C=O) groups is 1. The lowest BCUT2D eigenvalue weighted by molar-refractivity contribution is -0.132. The van der Waals surface area contributed by atoms with Crippen molar-refractivity contribution in [2.75, 3.05) is 25.3 Å². The SMILES string of the molecule is COC1CCC([C@H](N)C(=O)N2CCSC2)CC1. The number of rotatable bonds is 3. The molecule has 4 nitrogen and oxygen atoms in total. The molecule has 2 rings (SSSR count). The van der Waals surface area contributed by atoms with E-state index in [2.05, 4.69) is 0 Å². The molecule has 1 saturated carbocycles. The molecule has 1 aliphatic heterocycles. The first-order chi connectivity index (χ1) is 8.22. The lowest BCUT2D eigenvalue weighted by Crippen LogP contribution is -2.48. The summed E-state index contributed by atoms with van der Waals surface area (Å²) in [6.45, 7) is 0.866. The summed E-state index contributed by atoms with van der Waals surface area (Å²) in [6.07, 6.45) is 4.49. The van der Waals surface area contributed by atoms with E-state index in [1.54, 1.807) is 7.11 Å². The van der Waals surface area contributed by atoms with E-state index in [1.807, 2.05) is 16.7 Å². The van der Waals surface area contributed by atoms with Gasteiger partial charge in [0.25, 0.3) is 0 Å². The van der Waals surface area contributed by atoms with Crippen LogP contribution in [-0.4, -0.2) is 48.2 Å². The van der Waals surface area contributed by atoms with Crippen LogP contribution in [0.1, 0.15) is 25.7 Å². The second kappa shape index (κ2) is 6.07. The van der Waals surface area contributed by atoms with Gasteiger partial charge in [0.15, 0.2) is 0 Å². The van der Waals surface area contributed by atoms with E-state index in [1.165, 1.54) is 0 Å². The largest absolute Gasteiger partial charge is 0.381 e. The molecule has 0 unspecified atom stereocenters. The topological polar surface area (TPSA) is 55.6 Å². The van der Waals surface area contributed by atoms with Crippen molar-refractivity contribution in [3.63, 3.8) is 0 Å². The number of hydrogen-bond acceptors (Lipinski definition) is 4. The van der Waals surface area contributed by atoms with Crippen LogP contribution in [0, 0.1) is 5.92 Å². The number of amides is 1. The van der Waals surface area contributed by atoms with Crippen LogP contribution >= 0.6 is 11.8 Å². The van der Waals surface area contributed by atoms with E-state index in [0.29, 0.717) is 12.0 Å². The highest BCUT2D eigenvalue weighted by molar-refractivity contribution is 7.99. The molecule has 5 heteroatoms. The molecule has 0 radical (unpaired) electrons. The van der Waals surface area contributed by atoms with Gasteiger partial charge in [0.1, 0.15) is 0 Å². The molecule has 1 heterocycles. The maximum absolute atomic E-state index is 12.2. The highest BCUT2D eigenvalue weighted by Crippen LogP contribution is 2.29. The standard InChI is InChI=1S/C12H22N2O2S/c1-16-10-4-2-9(3-5-10)11(13)12(15)14-6-7-17-8-14/h9-11H,2-8,13H2,1H3/t9?,10?,11-/m0/s1. The summed E-state index contributed by atoms with van der Waals surface area (Å²) in [6, 6.07) is -0.300. The Bertz CT molecular complexity index is 261. The molecule has 1 aliphatic carbocycles. The van der Waals surface area contributed by atoms with Crippen molar-refractivity contribution >= 4 is 17.7 Å². The summed E-state index contributed by atoms with van der Waals surface area (Å²) >= 11 is 1.81. The average molecular weight is 258 g/mol. The summed E-state index contributed by atoms with van der Waals surface area (Å²) < 4.78 is 5.34. The zero-order valence-corrected chi connectivity index (χ0v) is 11.2. The van der Waals surface area contributed by atoms with Crippen molar-refractivity contribution in [3.05, 3.63) is 0 Å². The van der Waals surface area contributed by atoms with Crippen molar-refractivity contribution in [2.24, 2.45) is 11.7 Å². The highest BCUT2D eigenvalue weighted by Gasteiger charge is 2.32. The van der Waals surface area contributed by atoms with Crippen molar-refractivity contribution in [2.45, 2.75) is 37.8 Å². The molecule has 1 saturated heterocycles. The molecule has 0 aromatic rings. The molecule has 0 bridgehead atoms. The van der Waals surface area contributed by atoms with E-state index in [9.17, 15) is 4.79 Å². The Balaban J connectivity index is 1.83. The van der Waals surface area contributed by atoms with Gasteiger partial charge in [-0.25, -0.2) is 0 Å². The summed E-state index contributed by atoms with van der Waals surface area (Å²) in [4.78, 5) is 14.1. The second-order valence-corrected chi connectivity index (χ2v) is 6.01. The first kappa shape index (κ1) is 13.2. The number of hydrogen-bond donors (Lipinski definition) is 1. The fourth-order valence-corrected chi connectivity index (χ4v) is 3.64. The second-order valence-electron chi connectivity index (χ2n) is 4.94. The van der Waals surface area contributed by atoms with Gasteiger partial charge in [-0.15, -0.1) is 11.8 Å². The molecule has 98 valence electrons. The van der Waals surface area contributed by atoms with Crippen molar-refractivity contribution in [3.8, 4) is 0 Å². The molecule has 1 atom stereocenters. The Hall–Kier alpha value is -0.260. The smallest absolute Gasteiger partial charge is 0.240 e. The van der Waals surface area contributed by atoms with Crippen molar-refractivity contribution in [1.29, 1.82) is 0 Å². The van der Waals surface area contributed by atoms with Gasteiger partial charge in [0.2, 0.25) is 5.91 Å². The van der Waals surface area contributed by atoms with Gasteiger partial charge >= 0.3 is 0 Å². The highest BCUT2D eigenvalue weighted by atomic mass is 32.2. The first-order valence-corrected chi connectivity index (χ1v) is 7.52. The molecule has 1 amide bonds. The molecule has 2 aliphatic rings. The molecule has 0 aromatic carbocycles. The molecular weight excluding hydrogens is 236 g/mol. The Morgan fingerprint density at radius 1 is 1.41 bits per heavy atom. The third kappa shape index (κ3) is 3.14. The predicted molar refractivity (Wildman–Crippen MR) is 69.8 cm³/mol. The summed E-state index contributed by atoms with van der Waals surface area (Å²) in [5, 5.41) is 0. The fraction of sp³-hybridized carbons (Fsp3) is 0.917. The van der Waals surface area contributed by atoms with E-state index >= 15 is 0 Å². The minimum absolute atomic E-state index is 0.149. The van der Waals surface area contributed by atoms with Gasteiger partial charge in [-0.05, 0) is 31.6 Å². The predicted octanol–water partition coefficient (Wildman–Crippen LogP) is 1.05. The van der Waals surface area contributed by atoms with Gasteiger partial charge in [0.05, 0.1) is 18.0 Å². The van der Waals surface area contributed by atoms with Crippen LogP contribution in [0.2, 0.25) is 0 Å². The minimum atomic E-state index is -0.300. The van der Waals surface area contributed by atoms with Crippen LogP contribution in [0.3, 0.4) is 0 Å². The van der Waals surface area contributed by atoms with Crippen LogP contribution < -0.4 is 5.73 Å². The minimum Gasteiger partial charge on any atom is -0.381 e. The van der Waals surface area contributed by atoms with Gasteiger partial charge < -0.3 is 15.4 Å². The number of nitrogens with zero attached hydrogens (tertiary/aromatic N) is 1. The van der Waals surface area contributed by atoms with Crippen LogP contribution in [0.15, 0.2) is 0 Å². The summed E-state index contributed by atoms with van der Waals surface area (Å²) in [7, 11) is 1.76. The van der Waals surface area contributed by atoms with Gasteiger partial charge in [0, 0.05) is 19.4 Å². The average Bonchev–Trinajstić information content (AvgIpc) is 2.91. The molecule has 0 spiro atoms. The quantitative estimate of drug-likeness (QED) is 0.822. The molecule has 2 N–H and O–H groups in total. The molecular formula is C12H22N2O2S. The maximum Gasteiger partial charge on any atom is 0.240 e. The van der Waals surface area contributed by atoms with E-state index in [0.717, 1.165) is 43.9 Å². The third-order valence-electron chi connectivity index (χ3n) is 3.91. The van der Waals surface area contributed by atoms with E-state index < -0.39 is 0 Å². The lowest BCUT2D eigenvalue weighted by Gasteiger charge is -2.32. The number of ether oxygens (including phenoxy) is 1. The molecule has 0 aromatic heterocycles. The number of nitrogens with two attached hydrogens (primary N) is 1. The monoisotopic (exact) mass is 258 g/mol. The first-order valence-electron chi connectivity index (χ1n) is 6.37. The van der Waals surface area contributed by atoms with Gasteiger partial charge in [-0.1, -0.05) is 0 Å². The molecule has 17 heavy (non-hydrogen) atoms. The van der Waals surface area contributed by atoms with Crippen molar-refractivity contribution < 1.29 is 9.53 Å². The molecule has 2 fully saturated rings.